The minimum absolute atomic E-state index is 0.298. The maximum Gasteiger partial charge on any atom is 0.192 e. The van der Waals surface area contributed by atoms with Crippen molar-refractivity contribution in [1.82, 2.24) is 0 Å². The van der Waals surface area contributed by atoms with Gasteiger partial charge in [0, 0.05) is 6.10 Å². The van der Waals surface area contributed by atoms with Crippen molar-refractivity contribution < 1.29 is 4.43 Å². The van der Waals surface area contributed by atoms with Crippen molar-refractivity contribution in [3.8, 4) is 0 Å². The van der Waals surface area contributed by atoms with Gasteiger partial charge in [-0.15, -0.1) is 0 Å². The van der Waals surface area contributed by atoms with Gasteiger partial charge in [0.2, 0.25) is 0 Å². The van der Waals surface area contributed by atoms with Crippen molar-refractivity contribution in [3.05, 3.63) is 34.9 Å². The van der Waals surface area contributed by atoms with E-state index in [-0.39, 0.29) is 0 Å². The maximum absolute atomic E-state index is 6.67. The van der Waals surface area contributed by atoms with Gasteiger partial charge < -0.3 is 4.43 Å². The smallest absolute Gasteiger partial charge is 0.192 e. The van der Waals surface area contributed by atoms with Crippen LogP contribution in [-0.2, 0) is 4.43 Å². The first-order valence-electron chi connectivity index (χ1n) is 9.42. The molecule has 2 rings (SSSR count). The second kappa shape index (κ2) is 7.52. The Balaban J connectivity index is 2.01. The molecule has 0 aromatic rings. The second-order valence-corrected chi connectivity index (χ2v) is 13.7. The molecule has 0 aromatic heterocycles. The molecule has 0 saturated heterocycles. The minimum atomic E-state index is -1.66. The molecule has 0 heterocycles. The zero-order chi connectivity index (χ0) is 17.1. The molecule has 2 heteroatoms. The molecule has 1 nitrogen and oxygen atoms in total. The Bertz CT molecular complexity index is 502. The molecule has 0 spiro atoms. The molecule has 2 aliphatic rings. The van der Waals surface area contributed by atoms with E-state index in [1.54, 1.807) is 5.57 Å². The van der Waals surface area contributed by atoms with Gasteiger partial charge in [0.15, 0.2) is 8.32 Å². The highest BCUT2D eigenvalue weighted by atomic mass is 28.4. The third-order valence-electron chi connectivity index (χ3n) is 5.93. The van der Waals surface area contributed by atoms with E-state index >= 15 is 0 Å². The van der Waals surface area contributed by atoms with Crippen molar-refractivity contribution in [2.45, 2.75) is 96.9 Å². The van der Waals surface area contributed by atoms with E-state index in [9.17, 15) is 0 Å². The van der Waals surface area contributed by atoms with Gasteiger partial charge >= 0.3 is 0 Å². The Morgan fingerprint density at radius 1 is 1.13 bits per heavy atom. The Kier molecular flexibility index (Phi) is 6.13. The van der Waals surface area contributed by atoms with Gasteiger partial charge in [0.1, 0.15) is 0 Å². The molecule has 2 aliphatic carbocycles. The molecule has 0 saturated carbocycles. The van der Waals surface area contributed by atoms with E-state index in [1.165, 1.54) is 49.7 Å². The molecule has 0 radical (unpaired) electrons. The monoisotopic (exact) mass is 332 g/mol. The Morgan fingerprint density at radius 3 is 2.48 bits per heavy atom. The molecule has 1 unspecified atom stereocenters. The van der Waals surface area contributed by atoms with Crippen LogP contribution in [0.1, 0.15) is 72.6 Å². The first-order chi connectivity index (χ1) is 10.7. The fourth-order valence-electron chi connectivity index (χ4n) is 3.19. The van der Waals surface area contributed by atoms with Crippen LogP contribution < -0.4 is 0 Å². The fourth-order valence-corrected chi connectivity index (χ4v) is 4.57. The fraction of sp³-hybridized carbons (Fsp3) is 0.714. The van der Waals surface area contributed by atoms with Crippen LogP contribution in [0.5, 0.6) is 0 Å². The van der Waals surface area contributed by atoms with Crippen molar-refractivity contribution in [1.29, 1.82) is 0 Å². The van der Waals surface area contributed by atoms with Crippen LogP contribution in [0.15, 0.2) is 34.9 Å². The van der Waals surface area contributed by atoms with E-state index in [4.69, 9.17) is 4.43 Å². The Hall–Kier alpha value is -0.603. The van der Waals surface area contributed by atoms with E-state index < -0.39 is 8.32 Å². The van der Waals surface area contributed by atoms with E-state index in [1.807, 2.05) is 0 Å². The predicted octanol–water partition coefficient (Wildman–Crippen LogP) is 6.93. The highest BCUT2D eigenvalue weighted by Crippen LogP contribution is 2.40. The predicted molar refractivity (Wildman–Crippen MR) is 104 cm³/mol. The normalized spacial score (nSPS) is 24.3. The number of allylic oxidation sites excluding steroid dienone is 5. The lowest BCUT2D eigenvalue weighted by molar-refractivity contribution is 0.166. The summed E-state index contributed by atoms with van der Waals surface area (Å²) in [5, 5.41) is 0.298. The first-order valence-corrected chi connectivity index (χ1v) is 12.3. The van der Waals surface area contributed by atoms with E-state index in [0.717, 1.165) is 6.42 Å². The van der Waals surface area contributed by atoms with Gasteiger partial charge in [-0.25, -0.2) is 0 Å². The minimum Gasteiger partial charge on any atom is -0.414 e. The summed E-state index contributed by atoms with van der Waals surface area (Å²) in [6.45, 7) is 14.1. The van der Waals surface area contributed by atoms with Gasteiger partial charge in [0.25, 0.3) is 0 Å². The number of rotatable bonds is 4. The van der Waals surface area contributed by atoms with Gasteiger partial charge in [-0.2, -0.15) is 0 Å². The zero-order valence-corrected chi connectivity index (χ0v) is 17.2. The van der Waals surface area contributed by atoms with Gasteiger partial charge in [0.05, 0.1) is 0 Å². The highest BCUT2D eigenvalue weighted by molar-refractivity contribution is 6.74. The summed E-state index contributed by atoms with van der Waals surface area (Å²) in [6, 6.07) is 0. The van der Waals surface area contributed by atoms with Crippen LogP contribution in [0, 0.1) is 0 Å². The third-order valence-corrected chi connectivity index (χ3v) is 10.5. The second-order valence-electron chi connectivity index (χ2n) is 8.91. The summed E-state index contributed by atoms with van der Waals surface area (Å²) in [5.74, 6) is 0. The largest absolute Gasteiger partial charge is 0.414 e. The zero-order valence-electron chi connectivity index (χ0n) is 16.2. The van der Waals surface area contributed by atoms with Crippen LogP contribution in [-0.4, -0.2) is 14.4 Å². The summed E-state index contributed by atoms with van der Waals surface area (Å²) in [5.41, 5.74) is 4.61. The molecule has 1 atom stereocenters. The number of hydrogen-bond acceptors (Lipinski definition) is 1. The standard InChI is InChI=1S/C21H36OSi/c1-17-12-15-20(22-23(5,6)21(2,3)4)16-19(17)14-13-18-10-8-7-9-11-18/h10,13-14,20H,7-9,11-12,15-16H2,1-6H3/b14-13-. The van der Waals surface area contributed by atoms with Gasteiger partial charge in [-0.05, 0) is 75.6 Å². The van der Waals surface area contributed by atoms with Crippen LogP contribution in [0.25, 0.3) is 0 Å². The summed E-state index contributed by atoms with van der Waals surface area (Å²) in [4.78, 5) is 0. The van der Waals surface area contributed by atoms with Crippen LogP contribution in [0.3, 0.4) is 0 Å². The molecule has 23 heavy (non-hydrogen) atoms. The summed E-state index contributed by atoms with van der Waals surface area (Å²) in [7, 11) is -1.66. The molecule has 0 aliphatic heterocycles. The molecule has 0 N–H and O–H groups in total. The Morgan fingerprint density at radius 2 is 1.87 bits per heavy atom. The van der Waals surface area contributed by atoms with Crippen LogP contribution in [0.4, 0.5) is 0 Å². The quantitative estimate of drug-likeness (QED) is 0.507. The summed E-state index contributed by atoms with van der Waals surface area (Å²) in [6.07, 6.45) is 16.3. The molecule has 0 aromatic carbocycles. The van der Waals surface area contributed by atoms with Crippen molar-refractivity contribution in [2.75, 3.05) is 0 Å². The van der Waals surface area contributed by atoms with Crippen molar-refractivity contribution in [3.63, 3.8) is 0 Å². The average molecular weight is 333 g/mol. The first kappa shape index (κ1) is 18.7. The lowest BCUT2D eigenvalue weighted by Crippen LogP contribution is -2.44. The summed E-state index contributed by atoms with van der Waals surface area (Å²) < 4.78 is 6.67. The topological polar surface area (TPSA) is 9.23 Å². The molecular weight excluding hydrogens is 296 g/mol. The third kappa shape index (κ3) is 5.19. The molecule has 0 amide bonds. The molecule has 0 bridgehead atoms. The Labute approximate surface area is 145 Å². The lowest BCUT2D eigenvalue weighted by atomic mass is 9.89. The SMILES string of the molecule is CC1=C(/C=C\C2=CCCCC2)CC(O[Si](C)(C)C(C)(C)C)CC1. The number of hydrogen-bond donors (Lipinski definition) is 0. The maximum atomic E-state index is 6.67. The lowest BCUT2D eigenvalue weighted by Gasteiger charge is -2.40. The van der Waals surface area contributed by atoms with E-state index in [2.05, 4.69) is 59.0 Å². The average Bonchev–Trinajstić information content (AvgIpc) is 2.47. The van der Waals surface area contributed by atoms with Crippen molar-refractivity contribution in [2.24, 2.45) is 0 Å². The van der Waals surface area contributed by atoms with Gasteiger partial charge in [-0.1, -0.05) is 50.1 Å². The van der Waals surface area contributed by atoms with Crippen molar-refractivity contribution >= 4 is 8.32 Å². The van der Waals surface area contributed by atoms with Crippen LogP contribution in [0.2, 0.25) is 18.1 Å². The van der Waals surface area contributed by atoms with Gasteiger partial charge in [-0.3, -0.25) is 0 Å². The summed E-state index contributed by atoms with van der Waals surface area (Å²) >= 11 is 0. The molecule has 130 valence electrons. The molecular formula is C21H36OSi. The van der Waals surface area contributed by atoms with E-state index in [0.29, 0.717) is 11.1 Å². The molecule has 0 fully saturated rings. The van der Waals surface area contributed by atoms with Crippen LogP contribution >= 0.6 is 0 Å². The highest BCUT2D eigenvalue weighted by Gasteiger charge is 2.39.